The van der Waals surface area contributed by atoms with Crippen LogP contribution in [0.5, 0.6) is 0 Å². The van der Waals surface area contributed by atoms with Gasteiger partial charge in [-0.15, -0.1) is 13.2 Å². The number of anilines is 1. The monoisotopic (exact) mass is 530 g/mol. The van der Waals surface area contributed by atoms with Crippen molar-refractivity contribution in [1.82, 2.24) is 4.90 Å². The lowest BCUT2D eigenvalue weighted by molar-refractivity contribution is -0.161. The molecule has 1 spiro atoms. The summed E-state index contributed by atoms with van der Waals surface area (Å²) in [5.41, 5.74) is -1.46. The lowest BCUT2D eigenvalue weighted by atomic mass is 9.65. The molecule has 9 heteroatoms. The molecule has 0 radical (unpaired) electrons. The molecule has 200 valence electrons. The topological polar surface area (TPSA) is 96.4 Å². The molecule has 3 aliphatic heterocycles. The molecule has 2 unspecified atom stereocenters. The summed E-state index contributed by atoms with van der Waals surface area (Å²) in [6.07, 6.45) is 6.23. The van der Waals surface area contributed by atoms with Crippen LogP contribution in [-0.2, 0) is 23.9 Å². The fourth-order valence-electron chi connectivity index (χ4n) is 6.41. The molecule has 0 aliphatic carbocycles. The van der Waals surface area contributed by atoms with Crippen molar-refractivity contribution in [3.8, 4) is 0 Å². The molecule has 3 fully saturated rings. The van der Waals surface area contributed by atoms with E-state index in [-0.39, 0.29) is 38.1 Å². The maximum atomic E-state index is 14.3. The number of carbonyl (C=O) groups excluding carboxylic acids is 3. The highest BCUT2D eigenvalue weighted by molar-refractivity contribution is 6.30. The van der Waals surface area contributed by atoms with Crippen molar-refractivity contribution in [2.75, 3.05) is 31.2 Å². The Morgan fingerprint density at radius 2 is 2.00 bits per heavy atom. The number of rotatable bonds is 12. The number of β-amino-alcohol motifs (C(OH)–C–C–N with tert-alkyl or cyclic N) is 1. The Morgan fingerprint density at radius 1 is 1.27 bits per heavy atom. The summed E-state index contributed by atoms with van der Waals surface area (Å²) in [5, 5.41) is 10.3. The van der Waals surface area contributed by atoms with E-state index in [1.807, 2.05) is 6.92 Å². The Morgan fingerprint density at radius 3 is 2.62 bits per heavy atom. The summed E-state index contributed by atoms with van der Waals surface area (Å²) in [4.78, 5) is 44.5. The van der Waals surface area contributed by atoms with Crippen molar-refractivity contribution in [1.29, 1.82) is 0 Å². The third kappa shape index (κ3) is 4.49. The maximum absolute atomic E-state index is 14.3. The Labute approximate surface area is 222 Å². The maximum Gasteiger partial charge on any atom is 0.312 e. The van der Waals surface area contributed by atoms with Crippen molar-refractivity contribution in [2.45, 2.75) is 56.3 Å². The molecular weight excluding hydrogens is 496 g/mol. The van der Waals surface area contributed by atoms with Gasteiger partial charge in [0.05, 0.1) is 24.7 Å². The number of carbonyl (C=O) groups is 3. The van der Waals surface area contributed by atoms with E-state index in [1.54, 1.807) is 41.3 Å². The van der Waals surface area contributed by atoms with Gasteiger partial charge in [0.2, 0.25) is 5.91 Å². The van der Waals surface area contributed by atoms with Crippen LogP contribution < -0.4 is 4.90 Å². The number of aliphatic hydroxyl groups excluding tert-OH is 1. The number of nitrogens with zero attached hydrogens (tertiary/aromatic N) is 2. The van der Waals surface area contributed by atoms with E-state index in [0.717, 1.165) is 0 Å². The average Bonchev–Trinajstić information content (AvgIpc) is 3.49. The number of amides is 2. The molecule has 3 aliphatic rings. The third-order valence-corrected chi connectivity index (χ3v) is 8.27. The summed E-state index contributed by atoms with van der Waals surface area (Å²) in [6.45, 7) is 9.48. The standard InChI is InChI=1S/C28H35ClN2O6/c1-4-7-8-18-36-26(35)22-21-24(33)31(16-17-32)23(28(21)14-13-27(22,6-3)37-28)25(34)30(15-5-2)20-11-9-19(29)10-12-20/h4-5,9-12,21-23,32H,1-2,6-8,13-18H2,3H3/t21-,22-,23?,27+,28?/m0/s1. The van der Waals surface area contributed by atoms with E-state index >= 15 is 0 Å². The van der Waals surface area contributed by atoms with Gasteiger partial charge in [-0.3, -0.25) is 14.4 Å². The van der Waals surface area contributed by atoms with Crippen LogP contribution in [0.25, 0.3) is 0 Å². The highest BCUT2D eigenvalue weighted by Crippen LogP contribution is 2.64. The number of aliphatic hydroxyl groups is 1. The fourth-order valence-corrected chi connectivity index (χ4v) is 6.54. The molecule has 5 atom stereocenters. The van der Waals surface area contributed by atoms with E-state index in [2.05, 4.69) is 13.2 Å². The molecule has 2 amide bonds. The molecule has 1 N–H and O–H groups in total. The van der Waals surface area contributed by atoms with E-state index in [9.17, 15) is 19.5 Å². The van der Waals surface area contributed by atoms with Gasteiger partial charge in [0.1, 0.15) is 17.6 Å². The summed E-state index contributed by atoms with van der Waals surface area (Å²) in [7, 11) is 0. The van der Waals surface area contributed by atoms with E-state index in [1.165, 1.54) is 4.90 Å². The molecule has 3 heterocycles. The first-order chi connectivity index (χ1) is 17.8. The first-order valence-electron chi connectivity index (χ1n) is 12.9. The highest BCUT2D eigenvalue weighted by Gasteiger charge is 2.79. The fraction of sp³-hybridized carbons (Fsp3) is 0.536. The summed E-state index contributed by atoms with van der Waals surface area (Å²) < 4.78 is 12.3. The van der Waals surface area contributed by atoms with Gasteiger partial charge in [-0.2, -0.15) is 0 Å². The number of hydrogen-bond donors (Lipinski definition) is 1. The quantitative estimate of drug-likeness (QED) is 0.252. The molecule has 1 aromatic carbocycles. The van der Waals surface area contributed by atoms with Crippen molar-refractivity contribution in [3.05, 3.63) is 54.6 Å². The number of hydrogen-bond acceptors (Lipinski definition) is 6. The first kappa shape index (κ1) is 27.4. The molecular formula is C28H35ClN2O6. The highest BCUT2D eigenvalue weighted by atomic mass is 35.5. The molecule has 0 aromatic heterocycles. The van der Waals surface area contributed by atoms with E-state index in [4.69, 9.17) is 21.1 Å². The second kappa shape index (κ2) is 11.0. The van der Waals surface area contributed by atoms with Crippen LogP contribution in [-0.4, -0.2) is 71.3 Å². The minimum absolute atomic E-state index is 0.0420. The minimum Gasteiger partial charge on any atom is -0.465 e. The number of unbranched alkanes of at least 4 members (excludes halogenated alkanes) is 1. The molecule has 8 nitrogen and oxygen atoms in total. The van der Waals surface area contributed by atoms with Gasteiger partial charge in [-0.05, 0) is 56.4 Å². The van der Waals surface area contributed by atoms with Crippen LogP contribution in [0.4, 0.5) is 5.69 Å². The van der Waals surface area contributed by atoms with Crippen molar-refractivity contribution < 1.29 is 29.0 Å². The Bertz CT molecular complexity index is 1060. The number of benzene rings is 1. The van der Waals surface area contributed by atoms with Crippen LogP contribution >= 0.6 is 11.6 Å². The summed E-state index contributed by atoms with van der Waals surface area (Å²) >= 11 is 6.06. The zero-order valence-corrected chi connectivity index (χ0v) is 22.0. The number of halogens is 1. The van der Waals surface area contributed by atoms with Crippen LogP contribution in [0.3, 0.4) is 0 Å². The van der Waals surface area contributed by atoms with Crippen molar-refractivity contribution in [3.63, 3.8) is 0 Å². The second-order valence-electron chi connectivity index (χ2n) is 9.90. The molecule has 2 bridgehead atoms. The summed E-state index contributed by atoms with van der Waals surface area (Å²) in [5.74, 6) is -2.85. The Hall–Kier alpha value is -2.68. The van der Waals surface area contributed by atoms with Gasteiger partial charge in [-0.1, -0.05) is 30.7 Å². The molecule has 3 saturated heterocycles. The average molecular weight is 531 g/mol. The number of esters is 1. The number of ether oxygens (including phenoxy) is 2. The predicted molar refractivity (Wildman–Crippen MR) is 140 cm³/mol. The van der Waals surface area contributed by atoms with Crippen molar-refractivity contribution >= 4 is 35.1 Å². The van der Waals surface area contributed by atoms with Crippen LogP contribution in [0.15, 0.2) is 49.6 Å². The van der Waals surface area contributed by atoms with Crippen molar-refractivity contribution in [2.24, 2.45) is 11.8 Å². The van der Waals surface area contributed by atoms with Crippen LogP contribution in [0.2, 0.25) is 5.02 Å². The summed E-state index contributed by atoms with van der Waals surface area (Å²) in [6, 6.07) is 5.84. The van der Waals surface area contributed by atoms with Gasteiger partial charge in [-0.25, -0.2) is 0 Å². The Kier molecular flexibility index (Phi) is 8.11. The third-order valence-electron chi connectivity index (χ3n) is 8.02. The molecule has 4 rings (SSSR count). The lowest BCUT2D eigenvalue weighted by Gasteiger charge is -2.36. The van der Waals surface area contributed by atoms with Gasteiger partial charge in [0.25, 0.3) is 5.91 Å². The predicted octanol–water partition coefficient (Wildman–Crippen LogP) is 3.52. The van der Waals surface area contributed by atoms with Gasteiger partial charge in [0, 0.05) is 23.8 Å². The van der Waals surface area contributed by atoms with Gasteiger partial charge in [0.15, 0.2) is 0 Å². The molecule has 1 aromatic rings. The first-order valence-corrected chi connectivity index (χ1v) is 13.2. The zero-order valence-electron chi connectivity index (χ0n) is 21.2. The molecule has 37 heavy (non-hydrogen) atoms. The van der Waals surface area contributed by atoms with Gasteiger partial charge >= 0.3 is 5.97 Å². The van der Waals surface area contributed by atoms with Gasteiger partial charge < -0.3 is 24.4 Å². The second-order valence-corrected chi connectivity index (χ2v) is 10.3. The SMILES string of the molecule is C=CCCCOC(=O)[C@@H]1[C@H]2C(=O)N(CCO)C(C(=O)N(CC=C)c3ccc(Cl)cc3)C23CC[C@@]1(CC)O3. The van der Waals surface area contributed by atoms with Crippen LogP contribution in [0.1, 0.15) is 39.0 Å². The number of allylic oxidation sites excluding steroid dienone is 1. The van der Waals surface area contributed by atoms with E-state index in [0.29, 0.717) is 42.8 Å². The number of fused-ring (bicyclic) bond motifs is 1. The largest absolute Gasteiger partial charge is 0.465 e. The smallest absolute Gasteiger partial charge is 0.312 e. The Balaban J connectivity index is 1.73. The minimum atomic E-state index is -1.18. The van der Waals surface area contributed by atoms with Crippen LogP contribution in [0, 0.1) is 11.8 Å². The normalized spacial score (nSPS) is 29.8. The number of likely N-dealkylation sites (tertiary alicyclic amines) is 1. The molecule has 0 saturated carbocycles. The zero-order chi connectivity index (χ0) is 26.8. The van der Waals surface area contributed by atoms with E-state index < -0.39 is 35.0 Å². The lowest BCUT2D eigenvalue weighted by Crippen LogP contribution is -2.56.